The van der Waals surface area contributed by atoms with E-state index in [1.807, 2.05) is 13.8 Å². The van der Waals surface area contributed by atoms with Crippen molar-refractivity contribution in [1.29, 1.82) is 0 Å². The number of carbonyl (C=O) groups excluding carboxylic acids is 1. The summed E-state index contributed by atoms with van der Waals surface area (Å²) in [6.07, 6.45) is 4.60. The molecule has 0 aromatic carbocycles. The molecule has 0 saturated heterocycles. The molecule has 0 heterocycles. The van der Waals surface area contributed by atoms with Crippen molar-refractivity contribution in [3.05, 3.63) is 0 Å². The zero-order valence-electron chi connectivity index (χ0n) is 11.0. The van der Waals surface area contributed by atoms with Crippen molar-refractivity contribution >= 4 is 5.97 Å². The van der Waals surface area contributed by atoms with Gasteiger partial charge in [-0.05, 0) is 39.0 Å². The smallest absolute Gasteiger partial charge is 0.306 e. The van der Waals surface area contributed by atoms with E-state index in [4.69, 9.17) is 14.9 Å². The van der Waals surface area contributed by atoms with E-state index in [0.29, 0.717) is 12.3 Å². The molecule has 0 aliphatic heterocycles. The van der Waals surface area contributed by atoms with Gasteiger partial charge in [0.15, 0.2) is 0 Å². The van der Waals surface area contributed by atoms with Crippen LogP contribution < -0.4 is 0 Å². The lowest BCUT2D eigenvalue weighted by Crippen LogP contribution is -2.11. The fourth-order valence-electron chi connectivity index (χ4n) is 1.82. The number of esters is 1. The average molecular weight is 246 g/mol. The van der Waals surface area contributed by atoms with Crippen molar-refractivity contribution in [2.24, 2.45) is 5.92 Å². The Bertz CT molecular complexity index is 186. The summed E-state index contributed by atoms with van der Waals surface area (Å²) < 4.78 is 5.03. The molecule has 0 radical (unpaired) electrons. The molecule has 4 nitrogen and oxygen atoms in total. The van der Waals surface area contributed by atoms with Crippen LogP contribution in [0.2, 0.25) is 0 Å². The summed E-state index contributed by atoms with van der Waals surface area (Å²) in [5.74, 6) is 0.229. The van der Waals surface area contributed by atoms with Crippen LogP contribution in [-0.4, -0.2) is 35.5 Å². The normalized spacial score (nSPS) is 11.2. The Balaban J connectivity index is 3.56. The Hall–Kier alpha value is -0.610. The van der Waals surface area contributed by atoms with Crippen molar-refractivity contribution in [3.8, 4) is 0 Å². The highest BCUT2D eigenvalue weighted by Crippen LogP contribution is 2.17. The van der Waals surface area contributed by atoms with Gasteiger partial charge < -0.3 is 14.9 Å². The summed E-state index contributed by atoms with van der Waals surface area (Å²) in [6.45, 7) is 4.02. The maximum absolute atomic E-state index is 11.2. The molecule has 17 heavy (non-hydrogen) atoms. The van der Waals surface area contributed by atoms with Gasteiger partial charge in [-0.2, -0.15) is 0 Å². The summed E-state index contributed by atoms with van der Waals surface area (Å²) >= 11 is 0. The number of rotatable bonds is 10. The molecule has 0 fully saturated rings. The standard InChI is InChI=1S/C13H26O4/c1-11(2)17-13(16)6-4-3-5-12(7-9-14)8-10-15/h11-12,14-15H,3-10H2,1-2H3. The van der Waals surface area contributed by atoms with Crippen LogP contribution in [0.3, 0.4) is 0 Å². The van der Waals surface area contributed by atoms with Crippen LogP contribution in [0.15, 0.2) is 0 Å². The molecule has 0 bridgehead atoms. The highest BCUT2D eigenvalue weighted by molar-refractivity contribution is 5.69. The number of hydrogen-bond donors (Lipinski definition) is 2. The Labute approximate surface area is 104 Å². The lowest BCUT2D eigenvalue weighted by molar-refractivity contribution is -0.147. The van der Waals surface area contributed by atoms with E-state index in [0.717, 1.165) is 32.1 Å². The Morgan fingerprint density at radius 3 is 2.12 bits per heavy atom. The van der Waals surface area contributed by atoms with Gasteiger partial charge in [0.1, 0.15) is 0 Å². The minimum atomic E-state index is -0.138. The summed E-state index contributed by atoms with van der Waals surface area (Å²) in [5.41, 5.74) is 0. The van der Waals surface area contributed by atoms with Gasteiger partial charge in [-0.25, -0.2) is 0 Å². The fraction of sp³-hybridized carbons (Fsp3) is 0.923. The highest BCUT2D eigenvalue weighted by Gasteiger charge is 2.09. The maximum atomic E-state index is 11.2. The molecule has 0 aliphatic rings. The second kappa shape index (κ2) is 10.5. The monoisotopic (exact) mass is 246 g/mol. The number of unbranched alkanes of at least 4 members (excludes halogenated alkanes) is 1. The van der Waals surface area contributed by atoms with E-state index in [9.17, 15) is 4.79 Å². The number of carbonyl (C=O) groups is 1. The van der Waals surface area contributed by atoms with Gasteiger partial charge in [0.25, 0.3) is 0 Å². The van der Waals surface area contributed by atoms with Crippen LogP contribution in [0, 0.1) is 5.92 Å². The predicted octanol–water partition coefficient (Wildman–Crippen LogP) is 1.88. The topological polar surface area (TPSA) is 66.8 Å². The van der Waals surface area contributed by atoms with Gasteiger partial charge in [0.05, 0.1) is 6.10 Å². The van der Waals surface area contributed by atoms with Crippen LogP contribution in [0.5, 0.6) is 0 Å². The molecule has 4 heteroatoms. The first-order valence-electron chi connectivity index (χ1n) is 6.51. The Morgan fingerprint density at radius 2 is 1.65 bits per heavy atom. The summed E-state index contributed by atoms with van der Waals surface area (Å²) in [6, 6.07) is 0. The molecular weight excluding hydrogens is 220 g/mol. The number of hydrogen-bond acceptors (Lipinski definition) is 4. The third-order valence-corrected chi connectivity index (χ3v) is 2.69. The summed E-state index contributed by atoms with van der Waals surface area (Å²) in [4.78, 5) is 11.2. The van der Waals surface area contributed by atoms with Crippen LogP contribution >= 0.6 is 0 Å². The van der Waals surface area contributed by atoms with E-state index >= 15 is 0 Å². The molecule has 102 valence electrons. The lowest BCUT2D eigenvalue weighted by atomic mass is 9.95. The zero-order valence-corrected chi connectivity index (χ0v) is 11.0. The van der Waals surface area contributed by atoms with Crippen LogP contribution in [0.4, 0.5) is 0 Å². The molecule has 0 spiro atoms. The zero-order chi connectivity index (χ0) is 13.1. The lowest BCUT2D eigenvalue weighted by Gasteiger charge is -2.14. The van der Waals surface area contributed by atoms with Crippen molar-refractivity contribution < 1.29 is 19.7 Å². The predicted molar refractivity (Wildman–Crippen MR) is 66.6 cm³/mol. The Kier molecular flexibility index (Phi) is 10.2. The van der Waals surface area contributed by atoms with Gasteiger partial charge in [-0.1, -0.05) is 12.8 Å². The highest BCUT2D eigenvalue weighted by atomic mass is 16.5. The van der Waals surface area contributed by atoms with E-state index < -0.39 is 0 Å². The molecule has 0 atom stereocenters. The molecule has 2 N–H and O–H groups in total. The first-order chi connectivity index (χ1) is 8.10. The van der Waals surface area contributed by atoms with Crippen LogP contribution in [0.1, 0.15) is 52.4 Å². The van der Waals surface area contributed by atoms with Crippen molar-refractivity contribution in [3.63, 3.8) is 0 Å². The van der Waals surface area contributed by atoms with Gasteiger partial charge in [0, 0.05) is 19.6 Å². The van der Waals surface area contributed by atoms with Gasteiger partial charge >= 0.3 is 5.97 Å². The van der Waals surface area contributed by atoms with Gasteiger partial charge in [-0.3, -0.25) is 4.79 Å². The van der Waals surface area contributed by atoms with E-state index in [1.54, 1.807) is 0 Å². The minimum Gasteiger partial charge on any atom is -0.463 e. The molecule has 0 amide bonds. The third-order valence-electron chi connectivity index (χ3n) is 2.69. The number of aliphatic hydroxyl groups is 2. The molecule has 0 aliphatic carbocycles. The Morgan fingerprint density at radius 1 is 1.06 bits per heavy atom. The van der Waals surface area contributed by atoms with Gasteiger partial charge in [-0.15, -0.1) is 0 Å². The van der Waals surface area contributed by atoms with E-state index in [1.165, 1.54) is 0 Å². The average Bonchev–Trinajstić information content (AvgIpc) is 2.24. The van der Waals surface area contributed by atoms with Crippen molar-refractivity contribution in [2.45, 2.75) is 58.5 Å². The first-order valence-corrected chi connectivity index (χ1v) is 6.51. The second-order valence-corrected chi connectivity index (χ2v) is 4.67. The quantitative estimate of drug-likeness (QED) is 0.456. The molecule has 0 aromatic rings. The van der Waals surface area contributed by atoms with Crippen molar-refractivity contribution in [1.82, 2.24) is 0 Å². The third kappa shape index (κ3) is 10.3. The molecular formula is C13H26O4. The summed E-state index contributed by atoms with van der Waals surface area (Å²) in [7, 11) is 0. The number of aliphatic hydroxyl groups excluding tert-OH is 2. The molecule has 0 unspecified atom stereocenters. The van der Waals surface area contributed by atoms with E-state index in [-0.39, 0.29) is 25.3 Å². The van der Waals surface area contributed by atoms with Crippen LogP contribution in [-0.2, 0) is 9.53 Å². The fourth-order valence-corrected chi connectivity index (χ4v) is 1.82. The van der Waals surface area contributed by atoms with Crippen molar-refractivity contribution in [2.75, 3.05) is 13.2 Å². The van der Waals surface area contributed by atoms with Crippen LogP contribution in [0.25, 0.3) is 0 Å². The molecule has 0 saturated carbocycles. The maximum Gasteiger partial charge on any atom is 0.306 e. The number of ether oxygens (including phenoxy) is 1. The largest absolute Gasteiger partial charge is 0.463 e. The summed E-state index contributed by atoms with van der Waals surface area (Å²) in [5, 5.41) is 17.7. The molecule has 0 rings (SSSR count). The van der Waals surface area contributed by atoms with E-state index in [2.05, 4.69) is 0 Å². The molecule has 0 aromatic heterocycles. The second-order valence-electron chi connectivity index (χ2n) is 4.67. The SMILES string of the molecule is CC(C)OC(=O)CCCCC(CCO)CCO. The van der Waals surface area contributed by atoms with Gasteiger partial charge in [0.2, 0.25) is 0 Å². The first kappa shape index (κ1) is 16.4. The minimum absolute atomic E-state index is 0.0426.